The van der Waals surface area contributed by atoms with E-state index in [4.69, 9.17) is 10.5 Å². The van der Waals surface area contributed by atoms with Crippen LogP contribution in [0.1, 0.15) is 5.56 Å². The molecule has 0 aromatic heterocycles. The van der Waals surface area contributed by atoms with Gasteiger partial charge >= 0.3 is 0 Å². The molecule has 0 aliphatic carbocycles. The van der Waals surface area contributed by atoms with Gasteiger partial charge in [0.1, 0.15) is 12.0 Å². The van der Waals surface area contributed by atoms with E-state index in [9.17, 15) is 4.79 Å². The lowest BCUT2D eigenvalue weighted by Gasteiger charge is -2.02. The summed E-state index contributed by atoms with van der Waals surface area (Å²) < 4.78 is 5.03. The van der Waals surface area contributed by atoms with E-state index in [0.717, 1.165) is 17.6 Å². The van der Waals surface area contributed by atoms with Crippen molar-refractivity contribution in [1.82, 2.24) is 0 Å². The number of rotatable bonds is 5. The number of aliphatic imine (C=N–C) groups is 1. The van der Waals surface area contributed by atoms with Gasteiger partial charge in [-0.25, -0.2) is 0 Å². The van der Waals surface area contributed by atoms with Crippen LogP contribution < -0.4 is 10.5 Å². The molecular weight excluding hydrogens is 192 g/mol. The zero-order valence-corrected chi connectivity index (χ0v) is 8.64. The molecule has 0 unspecified atom stereocenters. The first-order valence-electron chi connectivity index (χ1n) is 4.61. The Bertz CT molecular complexity index is 344. The van der Waals surface area contributed by atoms with E-state index in [2.05, 4.69) is 4.99 Å². The average molecular weight is 206 g/mol. The van der Waals surface area contributed by atoms with E-state index in [1.165, 1.54) is 0 Å². The van der Waals surface area contributed by atoms with Crippen LogP contribution in [0.2, 0.25) is 0 Å². The molecule has 1 aromatic carbocycles. The van der Waals surface area contributed by atoms with Crippen molar-refractivity contribution < 1.29 is 9.53 Å². The second-order valence-electron chi connectivity index (χ2n) is 3.02. The predicted molar refractivity (Wildman–Crippen MR) is 59.3 cm³/mol. The number of hydrogen-bond donors (Lipinski definition) is 1. The number of amidine groups is 1. The van der Waals surface area contributed by atoms with Gasteiger partial charge < -0.3 is 15.3 Å². The zero-order chi connectivity index (χ0) is 11.1. The van der Waals surface area contributed by atoms with E-state index in [1.807, 2.05) is 24.3 Å². The molecule has 1 rings (SSSR count). The van der Waals surface area contributed by atoms with Crippen molar-refractivity contribution in [2.45, 2.75) is 6.42 Å². The number of aldehydes is 1. The van der Waals surface area contributed by atoms with Crippen LogP contribution in [0.4, 0.5) is 0 Å². The summed E-state index contributed by atoms with van der Waals surface area (Å²) in [6.07, 6.45) is 1.28. The van der Waals surface area contributed by atoms with Gasteiger partial charge in [-0.1, -0.05) is 12.1 Å². The molecule has 80 valence electrons. The molecule has 0 bridgehead atoms. The summed E-state index contributed by atoms with van der Waals surface area (Å²) in [4.78, 5) is 13.9. The Balaban J connectivity index is 2.60. The molecule has 0 aliphatic heterocycles. The van der Waals surface area contributed by atoms with Crippen molar-refractivity contribution in [3.05, 3.63) is 29.8 Å². The topological polar surface area (TPSA) is 64.7 Å². The number of benzene rings is 1. The van der Waals surface area contributed by atoms with Gasteiger partial charge in [-0.05, 0) is 17.7 Å². The highest BCUT2D eigenvalue weighted by Crippen LogP contribution is 2.11. The first-order valence-corrected chi connectivity index (χ1v) is 4.61. The lowest BCUT2D eigenvalue weighted by molar-refractivity contribution is -0.106. The van der Waals surface area contributed by atoms with E-state index in [-0.39, 0.29) is 6.54 Å². The quantitative estimate of drug-likeness (QED) is 0.440. The molecule has 0 saturated carbocycles. The molecular formula is C11H14N2O2. The van der Waals surface area contributed by atoms with Crippen LogP contribution in [-0.2, 0) is 11.2 Å². The van der Waals surface area contributed by atoms with Gasteiger partial charge in [0.25, 0.3) is 0 Å². The summed E-state index contributed by atoms with van der Waals surface area (Å²) in [5.41, 5.74) is 6.67. The maximum absolute atomic E-state index is 10.1. The Morgan fingerprint density at radius 1 is 1.47 bits per heavy atom. The molecule has 0 fully saturated rings. The smallest absolute Gasteiger partial charge is 0.141 e. The molecule has 0 spiro atoms. The molecule has 0 atom stereocenters. The van der Waals surface area contributed by atoms with Crippen molar-refractivity contribution >= 4 is 12.1 Å². The molecule has 0 heterocycles. The minimum atomic E-state index is 0.127. The zero-order valence-electron chi connectivity index (χ0n) is 8.64. The van der Waals surface area contributed by atoms with E-state index >= 15 is 0 Å². The van der Waals surface area contributed by atoms with Crippen molar-refractivity contribution in [2.75, 3.05) is 13.7 Å². The van der Waals surface area contributed by atoms with Crippen LogP contribution in [0.15, 0.2) is 29.3 Å². The van der Waals surface area contributed by atoms with Crippen molar-refractivity contribution in [2.24, 2.45) is 10.7 Å². The monoisotopic (exact) mass is 206 g/mol. The summed E-state index contributed by atoms with van der Waals surface area (Å²) in [6, 6.07) is 7.56. The van der Waals surface area contributed by atoms with E-state index in [0.29, 0.717) is 12.3 Å². The Morgan fingerprint density at radius 2 is 2.13 bits per heavy atom. The van der Waals surface area contributed by atoms with Gasteiger partial charge in [0, 0.05) is 6.42 Å². The number of carbonyl (C=O) groups excluding carboxylic acids is 1. The van der Waals surface area contributed by atoms with Crippen LogP contribution in [0.25, 0.3) is 0 Å². The minimum absolute atomic E-state index is 0.127. The standard InChI is InChI=1S/C11H14N2O2/c1-15-10-4-2-9(3-5-10)8-11(12)13-6-7-14/h2-5,7H,6,8H2,1H3,(H2,12,13). The number of nitrogens with two attached hydrogens (primary N) is 1. The molecule has 0 radical (unpaired) electrons. The molecule has 4 nitrogen and oxygen atoms in total. The highest BCUT2D eigenvalue weighted by molar-refractivity contribution is 5.83. The van der Waals surface area contributed by atoms with Crippen LogP contribution in [0.5, 0.6) is 5.75 Å². The summed E-state index contributed by atoms with van der Waals surface area (Å²) in [6.45, 7) is 0.127. The molecule has 15 heavy (non-hydrogen) atoms. The maximum atomic E-state index is 10.1. The first kappa shape index (κ1) is 11.2. The lowest BCUT2D eigenvalue weighted by atomic mass is 10.1. The van der Waals surface area contributed by atoms with Gasteiger partial charge in [-0.3, -0.25) is 4.99 Å². The second-order valence-corrected chi connectivity index (χ2v) is 3.02. The van der Waals surface area contributed by atoms with Crippen molar-refractivity contribution in [1.29, 1.82) is 0 Å². The van der Waals surface area contributed by atoms with Gasteiger partial charge in [0.05, 0.1) is 19.5 Å². The van der Waals surface area contributed by atoms with Crippen molar-refractivity contribution in [3.63, 3.8) is 0 Å². The highest BCUT2D eigenvalue weighted by atomic mass is 16.5. The van der Waals surface area contributed by atoms with Crippen LogP contribution in [0, 0.1) is 0 Å². The van der Waals surface area contributed by atoms with Gasteiger partial charge in [-0.2, -0.15) is 0 Å². The summed E-state index contributed by atoms with van der Waals surface area (Å²) in [5.74, 6) is 1.27. The largest absolute Gasteiger partial charge is 0.497 e. The molecule has 1 aromatic rings. The Morgan fingerprint density at radius 3 is 2.67 bits per heavy atom. The van der Waals surface area contributed by atoms with Crippen molar-refractivity contribution in [3.8, 4) is 5.75 Å². The highest BCUT2D eigenvalue weighted by Gasteiger charge is 1.97. The lowest BCUT2D eigenvalue weighted by Crippen LogP contribution is -2.15. The van der Waals surface area contributed by atoms with Crippen LogP contribution in [-0.4, -0.2) is 25.8 Å². The van der Waals surface area contributed by atoms with E-state index < -0.39 is 0 Å². The number of methoxy groups -OCH3 is 1. The fourth-order valence-corrected chi connectivity index (χ4v) is 1.16. The average Bonchev–Trinajstić information content (AvgIpc) is 2.27. The Kier molecular flexibility index (Phi) is 4.34. The first-order chi connectivity index (χ1) is 7.26. The summed E-state index contributed by atoms with van der Waals surface area (Å²) in [5, 5.41) is 0. The molecule has 0 amide bonds. The third kappa shape index (κ3) is 3.81. The fourth-order valence-electron chi connectivity index (χ4n) is 1.16. The third-order valence-corrected chi connectivity index (χ3v) is 1.91. The predicted octanol–water partition coefficient (Wildman–Crippen LogP) is 0.794. The molecule has 0 aliphatic rings. The number of carbonyl (C=O) groups is 1. The molecule has 0 saturated heterocycles. The summed E-state index contributed by atoms with van der Waals surface area (Å²) >= 11 is 0. The van der Waals surface area contributed by atoms with Crippen LogP contribution >= 0.6 is 0 Å². The van der Waals surface area contributed by atoms with Gasteiger partial charge in [0.15, 0.2) is 0 Å². The number of nitrogens with zero attached hydrogens (tertiary/aromatic N) is 1. The Labute approximate surface area is 88.8 Å². The second kappa shape index (κ2) is 5.80. The van der Waals surface area contributed by atoms with E-state index in [1.54, 1.807) is 7.11 Å². The number of hydrogen-bond acceptors (Lipinski definition) is 3. The number of ether oxygens (including phenoxy) is 1. The molecule has 4 heteroatoms. The van der Waals surface area contributed by atoms with Gasteiger partial charge in [0.2, 0.25) is 0 Å². The normalized spacial score (nSPS) is 11.1. The SMILES string of the molecule is COc1ccc(CC(N)=NCC=O)cc1. The van der Waals surface area contributed by atoms with Gasteiger partial charge in [-0.15, -0.1) is 0 Å². The maximum Gasteiger partial charge on any atom is 0.141 e. The fraction of sp³-hybridized carbons (Fsp3) is 0.273. The Hall–Kier alpha value is -1.84. The third-order valence-electron chi connectivity index (χ3n) is 1.91. The minimum Gasteiger partial charge on any atom is -0.497 e. The molecule has 2 N–H and O–H groups in total. The van der Waals surface area contributed by atoms with Crippen LogP contribution in [0.3, 0.4) is 0 Å². The summed E-state index contributed by atoms with van der Waals surface area (Å²) in [7, 11) is 1.62.